The smallest absolute Gasteiger partial charge is 0.0195 e. The molecule has 1 saturated heterocycles. The molecular formula is C17H32N2. The molecule has 3 fully saturated rings. The maximum Gasteiger partial charge on any atom is 0.0195 e. The fraction of sp³-hybridized carbons (Fsp3) is 1.00. The third-order valence-corrected chi connectivity index (χ3v) is 5.48. The van der Waals surface area contributed by atoms with Crippen LogP contribution in [0.2, 0.25) is 0 Å². The lowest BCUT2D eigenvalue weighted by molar-refractivity contribution is 0.0886. The van der Waals surface area contributed by atoms with Gasteiger partial charge in [-0.1, -0.05) is 20.3 Å². The zero-order chi connectivity index (χ0) is 13.2. The van der Waals surface area contributed by atoms with Crippen LogP contribution in [0.4, 0.5) is 0 Å². The van der Waals surface area contributed by atoms with Crippen LogP contribution in [0.25, 0.3) is 0 Å². The third kappa shape index (κ3) is 3.72. The molecular weight excluding hydrogens is 232 g/mol. The Hall–Kier alpha value is -0.0800. The van der Waals surface area contributed by atoms with E-state index in [9.17, 15) is 0 Å². The molecule has 1 N–H and O–H groups in total. The fourth-order valence-electron chi connectivity index (χ4n) is 4.51. The summed E-state index contributed by atoms with van der Waals surface area (Å²) in [4.78, 5) is 2.91. The van der Waals surface area contributed by atoms with Crippen LogP contribution in [-0.4, -0.2) is 36.1 Å². The molecule has 1 heterocycles. The maximum absolute atomic E-state index is 3.75. The normalized spacial score (nSPS) is 40.6. The number of rotatable bonds is 4. The van der Waals surface area contributed by atoms with Crippen molar-refractivity contribution < 1.29 is 0 Å². The SMILES string of the molecule is CC1CC(C)CC(N(CC2CCCCN2)C2CC2)C1. The summed E-state index contributed by atoms with van der Waals surface area (Å²) in [7, 11) is 0. The van der Waals surface area contributed by atoms with Crippen LogP contribution in [0.1, 0.15) is 65.2 Å². The van der Waals surface area contributed by atoms with Gasteiger partial charge in [-0.3, -0.25) is 4.90 Å². The second-order valence-electron chi connectivity index (χ2n) is 7.65. The van der Waals surface area contributed by atoms with Gasteiger partial charge in [-0.2, -0.15) is 0 Å². The van der Waals surface area contributed by atoms with Crippen molar-refractivity contribution >= 4 is 0 Å². The lowest BCUT2D eigenvalue weighted by Gasteiger charge is -2.41. The van der Waals surface area contributed by atoms with Crippen LogP contribution in [0.15, 0.2) is 0 Å². The molecule has 19 heavy (non-hydrogen) atoms. The molecule has 2 heteroatoms. The summed E-state index contributed by atoms with van der Waals surface area (Å²) in [6.45, 7) is 7.51. The molecule has 3 aliphatic rings. The summed E-state index contributed by atoms with van der Waals surface area (Å²) >= 11 is 0. The van der Waals surface area contributed by atoms with Crippen LogP contribution in [0.5, 0.6) is 0 Å². The van der Waals surface area contributed by atoms with E-state index in [1.54, 1.807) is 0 Å². The maximum atomic E-state index is 3.75. The predicted molar refractivity (Wildman–Crippen MR) is 81.3 cm³/mol. The minimum atomic E-state index is 0.780. The van der Waals surface area contributed by atoms with Gasteiger partial charge in [-0.25, -0.2) is 0 Å². The molecule has 1 aliphatic heterocycles. The number of hydrogen-bond donors (Lipinski definition) is 1. The summed E-state index contributed by atoms with van der Waals surface area (Å²) in [5.41, 5.74) is 0. The molecule has 0 bridgehead atoms. The first kappa shape index (κ1) is 13.9. The molecule has 3 rings (SSSR count). The van der Waals surface area contributed by atoms with E-state index < -0.39 is 0 Å². The predicted octanol–water partition coefficient (Wildman–Crippen LogP) is 3.42. The van der Waals surface area contributed by atoms with Crippen LogP contribution in [0.3, 0.4) is 0 Å². The highest BCUT2D eigenvalue weighted by Crippen LogP contribution is 2.37. The molecule has 2 nitrogen and oxygen atoms in total. The van der Waals surface area contributed by atoms with Crippen LogP contribution in [-0.2, 0) is 0 Å². The van der Waals surface area contributed by atoms with Crippen molar-refractivity contribution in [2.24, 2.45) is 11.8 Å². The van der Waals surface area contributed by atoms with E-state index in [2.05, 4.69) is 24.1 Å². The highest BCUT2D eigenvalue weighted by molar-refractivity contribution is 4.94. The Morgan fingerprint density at radius 3 is 2.21 bits per heavy atom. The van der Waals surface area contributed by atoms with E-state index in [4.69, 9.17) is 0 Å². The largest absolute Gasteiger partial charge is 0.313 e. The molecule has 2 aliphatic carbocycles. The number of nitrogens with one attached hydrogen (secondary N) is 1. The van der Waals surface area contributed by atoms with E-state index >= 15 is 0 Å². The quantitative estimate of drug-likeness (QED) is 0.837. The zero-order valence-electron chi connectivity index (χ0n) is 12.9. The molecule has 0 aromatic heterocycles. The Balaban J connectivity index is 1.59. The molecule has 0 amide bonds. The summed E-state index contributed by atoms with van der Waals surface area (Å²) in [6.07, 6.45) is 11.5. The van der Waals surface area contributed by atoms with E-state index in [0.29, 0.717) is 0 Å². The van der Waals surface area contributed by atoms with Crippen molar-refractivity contribution in [2.45, 2.75) is 83.3 Å². The molecule has 2 saturated carbocycles. The third-order valence-electron chi connectivity index (χ3n) is 5.48. The molecule has 3 unspecified atom stereocenters. The Morgan fingerprint density at radius 2 is 1.63 bits per heavy atom. The van der Waals surface area contributed by atoms with E-state index in [1.165, 1.54) is 64.5 Å². The summed E-state index contributed by atoms with van der Waals surface area (Å²) < 4.78 is 0. The molecule has 0 aromatic rings. The summed E-state index contributed by atoms with van der Waals surface area (Å²) in [5, 5.41) is 3.75. The van der Waals surface area contributed by atoms with Gasteiger partial charge in [-0.15, -0.1) is 0 Å². The average Bonchev–Trinajstić information content (AvgIpc) is 3.20. The minimum Gasteiger partial charge on any atom is -0.313 e. The van der Waals surface area contributed by atoms with Crippen molar-refractivity contribution in [1.82, 2.24) is 10.2 Å². The fourth-order valence-corrected chi connectivity index (χ4v) is 4.51. The first-order valence-corrected chi connectivity index (χ1v) is 8.71. The molecule has 0 spiro atoms. The van der Waals surface area contributed by atoms with Gasteiger partial charge >= 0.3 is 0 Å². The van der Waals surface area contributed by atoms with Gasteiger partial charge in [0.2, 0.25) is 0 Å². The van der Waals surface area contributed by atoms with E-state index in [-0.39, 0.29) is 0 Å². The van der Waals surface area contributed by atoms with Gasteiger partial charge < -0.3 is 5.32 Å². The molecule has 3 atom stereocenters. The topological polar surface area (TPSA) is 15.3 Å². The van der Waals surface area contributed by atoms with Crippen LogP contribution < -0.4 is 5.32 Å². The van der Waals surface area contributed by atoms with Crippen LogP contribution in [0, 0.1) is 11.8 Å². The first-order chi connectivity index (χ1) is 9.22. The van der Waals surface area contributed by atoms with Crippen molar-refractivity contribution in [2.75, 3.05) is 13.1 Å². The second kappa shape index (κ2) is 6.13. The Kier molecular flexibility index (Phi) is 4.48. The van der Waals surface area contributed by atoms with Crippen LogP contribution >= 0.6 is 0 Å². The number of piperidine rings is 1. The van der Waals surface area contributed by atoms with Crippen molar-refractivity contribution in [3.8, 4) is 0 Å². The Bertz CT molecular complexity index is 271. The lowest BCUT2D eigenvalue weighted by atomic mass is 9.79. The summed E-state index contributed by atoms with van der Waals surface area (Å²) in [6, 6.07) is 2.60. The van der Waals surface area contributed by atoms with E-state index in [0.717, 1.165) is 30.0 Å². The first-order valence-electron chi connectivity index (χ1n) is 8.71. The lowest BCUT2D eigenvalue weighted by Crippen LogP contribution is -2.50. The monoisotopic (exact) mass is 264 g/mol. The van der Waals surface area contributed by atoms with Gasteiger partial charge in [0.1, 0.15) is 0 Å². The van der Waals surface area contributed by atoms with Crippen molar-refractivity contribution in [3.05, 3.63) is 0 Å². The van der Waals surface area contributed by atoms with Gasteiger partial charge in [0.25, 0.3) is 0 Å². The highest BCUT2D eigenvalue weighted by atomic mass is 15.2. The minimum absolute atomic E-state index is 0.780. The molecule has 0 aromatic carbocycles. The van der Waals surface area contributed by atoms with Gasteiger partial charge in [0, 0.05) is 24.7 Å². The van der Waals surface area contributed by atoms with Gasteiger partial charge in [0.05, 0.1) is 0 Å². The number of hydrogen-bond acceptors (Lipinski definition) is 2. The number of nitrogens with zero attached hydrogens (tertiary/aromatic N) is 1. The van der Waals surface area contributed by atoms with Crippen molar-refractivity contribution in [3.63, 3.8) is 0 Å². The standard InChI is InChI=1S/C17H32N2/c1-13-9-14(2)11-17(10-13)19(16-6-7-16)12-15-5-3-4-8-18-15/h13-18H,3-12H2,1-2H3. The molecule has 110 valence electrons. The van der Waals surface area contributed by atoms with Gasteiger partial charge in [-0.05, 0) is 63.3 Å². The zero-order valence-corrected chi connectivity index (χ0v) is 12.9. The van der Waals surface area contributed by atoms with E-state index in [1.807, 2.05) is 0 Å². The Labute approximate surface area is 119 Å². The summed E-state index contributed by atoms with van der Waals surface area (Å²) in [5.74, 6) is 1.88. The Morgan fingerprint density at radius 1 is 0.895 bits per heavy atom. The average molecular weight is 264 g/mol. The molecule has 0 radical (unpaired) electrons. The second-order valence-corrected chi connectivity index (χ2v) is 7.65. The van der Waals surface area contributed by atoms with Gasteiger partial charge in [0.15, 0.2) is 0 Å². The highest BCUT2D eigenvalue weighted by Gasteiger charge is 2.38. The van der Waals surface area contributed by atoms with Crippen molar-refractivity contribution in [1.29, 1.82) is 0 Å².